The van der Waals surface area contributed by atoms with E-state index in [0.717, 1.165) is 0 Å². The molecule has 0 aliphatic carbocycles. The van der Waals surface area contributed by atoms with Gasteiger partial charge in [0.25, 0.3) is 0 Å². The number of carbonyl (C=O) groups excluding carboxylic acids is 1. The molecule has 2 aromatic rings. The zero-order valence-corrected chi connectivity index (χ0v) is 16.1. The molecule has 2 rings (SSSR count). The van der Waals surface area contributed by atoms with Crippen LogP contribution >= 0.6 is 23.2 Å². The number of rotatable bonds is 6. The van der Waals surface area contributed by atoms with Gasteiger partial charge < -0.3 is 14.8 Å². The summed E-state index contributed by atoms with van der Waals surface area (Å²) in [6.07, 6.45) is -6.04. The van der Waals surface area contributed by atoms with Gasteiger partial charge in [0.2, 0.25) is 0 Å². The molecule has 0 aliphatic heterocycles. The van der Waals surface area contributed by atoms with E-state index < -0.39 is 29.9 Å². The molecular formula is C17H19Cl2F3N2O3. The third kappa shape index (κ3) is 4.28. The monoisotopic (exact) mass is 426 g/mol. The number of H-pyrrole nitrogens is 1. The quantitative estimate of drug-likeness (QED) is 0.531. The summed E-state index contributed by atoms with van der Waals surface area (Å²) in [5, 5.41) is 13.0. The molecule has 1 aromatic carbocycles. The number of nitrogens with one attached hydrogen (secondary N) is 2. The third-order valence-electron chi connectivity index (χ3n) is 4.09. The molecule has 150 valence electrons. The first-order valence-electron chi connectivity index (χ1n) is 8.29. The molecule has 1 atom stereocenters. The first-order chi connectivity index (χ1) is 12.5. The maximum absolute atomic E-state index is 13.9. The Hall–Kier alpha value is -1.64. The molecule has 1 aromatic heterocycles. The minimum absolute atomic E-state index is 0.0212. The van der Waals surface area contributed by atoms with Crippen molar-refractivity contribution in [1.82, 2.24) is 4.98 Å². The van der Waals surface area contributed by atoms with Crippen LogP contribution in [0.1, 0.15) is 38.7 Å². The molecule has 0 fully saturated rings. The van der Waals surface area contributed by atoms with Gasteiger partial charge in [-0.25, -0.2) is 4.79 Å². The van der Waals surface area contributed by atoms with Crippen molar-refractivity contribution in [2.75, 3.05) is 11.9 Å². The Kier molecular flexibility index (Phi) is 6.55. The van der Waals surface area contributed by atoms with Gasteiger partial charge in [-0.2, -0.15) is 13.2 Å². The fraction of sp³-hybridized carbons (Fsp3) is 0.471. The predicted molar refractivity (Wildman–Crippen MR) is 98.4 cm³/mol. The SMILES string of the molecule is CCCCC(O)(c1c(NC(=O)OCC)[nH]c2cc(Cl)cc(Cl)c12)C(F)(F)F. The maximum Gasteiger partial charge on any atom is 0.421 e. The number of anilines is 1. The number of hydrogen-bond donors (Lipinski definition) is 3. The number of aromatic nitrogens is 1. The van der Waals surface area contributed by atoms with Crippen LogP contribution in [0.25, 0.3) is 10.9 Å². The molecule has 0 radical (unpaired) electrons. The van der Waals surface area contributed by atoms with Crippen LogP contribution in [0.2, 0.25) is 10.0 Å². The summed E-state index contributed by atoms with van der Waals surface area (Å²) in [6, 6.07) is 2.63. The lowest BCUT2D eigenvalue weighted by atomic mass is 9.86. The van der Waals surface area contributed by atoms with E-state index in [1.54, 1.807) is 13.8 Å². The predicted octanol–water partition coefficient (Wildman–Crippen LogP) is 5.98. The number of aromatic amines is 1. The highest BCUT2D eigenvalue weighted by molar-refractivity contribution is 6.39. The van der Waals surface area contributed by atoms with Gasteiger partial charge in [0.05, 0.1) is 17.1 Å². The molecule has 10 heteroatoms. The molecule has 0 saturated carbocycles. The molecule has 1 heterocycles. The standard InChI is InChI=1S/C17H19Cl2F3N2O3/c1-3-5-6-16(26,17(20,21)22)13-12-10(19)7-9(18)8-11(12)23-14(13)24-15(25)27-4-2/h7-8,23,26H,3-6H2,1-2H3,(H,24,25). The second kappa shape index (κ2) is 8.16. The highest BCUT2D eigenvalue weighted by atomic mass is 35.5. The number of carbonyl (C=O) groups is 1. The molecule has 1 unspecified atom stereocenters. The van der Waals surface area contributed by atoms with Crippen LogP contribution in [0.5, 0.6) is 0 Å². The number of hydrogen-bond acceptors (Lipinski definition) is 3. The van der Waals surface area contributed by atoms with Crippen molar-refractivity contribution in [2.24, 2.45) is 0 Å². The first kappa shape index (κ1) is 21.7. The van der Waals surface area contributed by atoms with Crippen molar-refractivity contribution >= 4 is 46.0 Å². The minimum atomic E-state index is -5.01. The van der Waals surface area contributed by atoms with Gasteiger partial charge in [-0.3, -0.25) is 5.32 Å². The molecule has 0 bridgehead atoms. The van der Waals surface area contributed by atoms with Crippen LogP contribution in [0.3, 0.4) is 0 Å². The van der Waals surface area contributed by atoms with Crippen LogP contribution in [-0.2, 0) is 10.3 Å². The van der Waals surface area contributed by atoms with Crippen molar-refractivity contribution in [3.8, 4) is 0 Å². The van der Waals surface area contributed by atoms with Crippen LogP contribution in [0.4, 0.5) is 23.8 Å². The largest absolute Gasteiger partial charge is 0.450 e. The van der Waals surface area contributed by atoms with E-state index in [2.05, 4.69) is 10.3 Å². The van der Waals surface area contributed by atoms with Crippen LogP contribution in [0.15, 0.2) is 12.1 Å². The van der Waals surface area contributed by atoms with E-state index in [9.17, 15) is 23.1 Å². The Morgan fingerprint density at radius 1 is 1.30 bits per heavy atom. The first-order valence-corrected chi connectivity index (χ1v) is 9.04. The Bertz CT molecular complexity index is 839. The van der Waals surface area contributed by atoms with E-state index in [1.165, 1.54) is 12.1 Å². The third-order valence-corrected chi connectivity index (χ3v) is 4.61. The molecular weight excluding hydrogens is 408 g/mol. The highest BCUT2D eigenvalue weighted by Gasteiger charge is 2.57. The van der Waals surface area contributed by atoms with Gasteiger partial charge >= 0.3 is 12.3 Å². The summed E-state index contributed by atoms with van der Waals surface area (Å²) >= 11 is 12.1. The summed E-state index contributed by atoms with van der Waals surface area (Å²) in [7, 11) is 0. The number of benzene rings is 1. The smallest absolute Gasteiger partial charge is 0.421 e. The normalized spacial score (nSPS) is 14.2. The van der Waals surface area contributed by atoms with E-state index in [1.807, 2.05) is 0 Å². The number of amides is 1. The second-order valence-corrected chi connectivity index (χ2v) is 6.84. The zero-order chi connectivity index (χ0) is 20.4. The van der Waals surface area contributed by atoms with Gasteiger partial charge in [-0.1, -0.05) is 43.0 Å². The zero-order valence-electron chi connectivity index (χ0n) is 14.6. The fourth-order valence-electron chi connectivity index (χ4n) is 2.87. The Morgan fingerprint density at radius 2 is 1.96 bits per heavy atom. The van der Waals surface area contributed by atoms with Gasteiger partial charge in [0.1, 0.15) is 5.82 Å². The summed E-state index contributed by atoms with van der Waals surface area (Å²) < 4.78 is 46.5. The number of alkyl halides is 3. The van der Waals surface area contributed by atoms with Crippen LogP contribution in [0, 0.1) is 0 Å². The van der Waals surface area contributed by atoms with Crippen molar-refractivity contribution in [3.05, 3.63) is 27.7 Å². The minimum Gasteiger partial charge on any atom is -0.450 e. The fourth-order valence-corrected chi connectivity index (χ4v) is 3.45. The molecule has 27 heavy (non-hydrogen) atoms. The van der Waals surface area contributed by atoms with E-state index in [0.29, 0.717) is 6.42 Å². The molecule has 0 spiro atoms. The lowest BCUT2D eigenvalue weighted by molar-refractivity contribution is -0.268. The Labute approximate surface area is 163 Å². The van der Waals surface area contributed by atoms with E-state index in [-0.39, 0.29) is 39.8 Å². The topological polar surface area (TPSA) is 74.3 Å². The van der Waals surface area contributed by atoms with Gasteiger partial charge in [0, 0.05) is 16.0 Å². The number of fused-ring (bicyclic) bond motifs is 1. The average Bonchev–Trinajstić information content (AvgIpc) is 2.90. The van der Waals surface area contributed by atoms with E-state index in [4.69, 9.17) is 27.9 Å². The van der Waals surface area contributed by atoms with Crippen LogP contribution < -0.4 is 5.32 Å². The molecule has 1 amide bonds. The highest BCUT2D eigenvalue weighted by Crippen LogP contribution is 2.50. The van der Waals surface area contributed by atoms with Crippen LogP contribution in [-0.4, -0.2) is 29.0 Å². The summed E-state index contributed by atoms with van der Waals surface area (Å²) in [5.74, 6) is -0.344. The Morgan fingerprint density at radius 3 is 2.52 bits per heavy atom. The summed E-state index contributed by atoms with van der Waals surface area (Å²) in [5.41, 5.74) is -3.64. The van der Waals surface area contributed by atoms with Crippen molar-refractivity contribution in [2.45, 2.75) is 44.9 Å². The molecule has 3 N–H and O–H groups in total. The number of halogens is 5. The van der Waals surface area contributed by atoms with Crippen molar-refractivity contribution < 1.29 is 27.8 Å². The molecule has 5 nitrogen and oxygen atoms in total. The summed E-state index contributed by atoms with van der Waals surface area (Å²) in [6.45, 7) is 3.28. The van der Waals surface area contributed by atoms with Crippen molar-refractivity contribution in [3.63, 3.8) is 0 Å². The average molecular weight is 427 g/mol. The second-order valence-electron chi connectivity index (χ2n) is 5.99. The maximum atomic E-state index is 13.9. The van der Waals surface area contributed by atoms with Gasteiger partial charge in [0.15, 0.2) is 5.60 Å². The van der Waals surface area contributed by atoms with Gasteiger partial charge in [-0.05, 0) is 25.5 Å². The van der Waals surface area contributed by atoms with Crippen molar-refractivity contribution in [1.29, 1.82) is 0 Å². The summed E-state index contributed by atoms with van der Waals surface area (Å²) in [4.78, 5) is 14.5. The van der Waals surface area contributed by atoms with E-state index >= 15 is 0 Å². The van der Waals surface area contributed by atoms with Gasteiger partial charge in [-0.15, -0.1) is 0 Å². The number of aliphatic hydroxyl groups is 1. The lowest BCUT2D eigenvalue weighted by Crippen LogP contribution is -2.43. The number of ether oxygens (including phenoxy) is 1. The lowest BCUT2D eigenvalue weighted by Gasteiger charge is -2.31. The molecule has 0 aliphatic rings. The number of unbranched alkanes of at least 4 members (excludes halogenated alkanes) is 1. The Balaban J connectivity index is 2.78. The molecule has 0 saturated heterocycles.